The number of carbonyl (C=O) groups excluding carboxylic acids is 1. The van der Waals surface area contributed by atoms with Gasteiger partial charge in [0.1, 0.15) is 5.97 Å². The predicted octanol–water partition coefficient (Wildman–Crippen LogP) is 0.200. The summed E-state index contributed by atoms with van der Waals surface area (Å²) >= 11 is 11.5. The SMILES string of the molecule is C[C@@]([NH3+])(C(=O)[O-])c1ccc(Cl)cc1Cl. The Balaban J connectivity index is 3.26. The predicted molar refractivity (Wildman–Crippen MR) is 51.7 cm³/mol. The smallest absolute Gasteiger partial charge is 0.159 e. The molecule has 14 heavy (non-hydrogen) atoms. The number of aliphatic carboxylic acids is 1. The maximum atomic E-state index is 10.8. The van der Waals surface area contributed by atoms with Crippen LogP contribution in [0.25, 0.3) is 0 Å². The second-order valence-electron chi connectivity index (χ2n) is 3.24. The van der Waals surface area contributed by atoms with Gasteiger partial charge in [0, 0.05) is 17.5 Å². The molecule has 3 N–H and O–H groups in total. The molecule has 0 saturated carbocycles. The van der Waals surface area contributed by atoms with E-state index in [-0.39, 0.29) is 5.02 Å². The lowest BCUT2D eigenvalue weighted by molar-refractivity contribution is -0.489. The van der Waals surface area contributed by atoms with Crippen LogP contribution in [0.5, 0.6) is 0 Å². The molecule has 0 aliphatic heterocycles. The molecule has 76 valence electrons. The first-order valence-electron chi connectivity index (χ1n) is 3.88. The van der Waals surface area contributed by atoms with Crippen LogP contribution in [-0.2, 0) is 10.3 Å². The average Bonchev–Trinajstić information content (AvgIpc) is 2.02. The zero-order valence-corrected chi connectivity index (χ0v) is 9.02. The molecule has 0 bridgehead atoms. The third kappa shape index (κ3) is 2.00. The van der Waals surface area contributed by atoms with E-state index >= 15 is 0 Å². The maximum Gasteiger partial charge on any atom is 0.159 e. The van der Waals surface area contributed by atoms with E-state index in [4.69, 9.17) is 23.2 Å². The highest BCUT2D eigenvalue weighted by molar-refractivity contribution is 6.35. The third-order valence-corrected chi connectivity index (χ3v) is 2.52. The van der Waals surface area contributed by atoms with Crippen LogP contribution in [0, 0.1) is 0 Å². The molecular weight excluding hydrogens is 225 g/mol. The van der Waals surface area contributed by atoms with Gasteiger partial charge in [0.15, 0.2) is 5.54 Å². The Hall–Kier alpha value is -0.770. The molecule has 0 unspecified atom stereocenters. The lowest BCUT2D eigenvalue weighted by Gasteiger charge is -2.23. The Morgan fingerprint density at radius 2 is 2.07 bits per heavy atom. The molecule has 1 aromatic carbocycles. The van der Waals surface area contributed by atoms with Crippen LogP contribution >= 0.6 is 23.2 Å². The topological polar surface area (TPSA) is 67.8 Å². The van der Waals surface area contributed by atoms with Gasteiger partial charge in [-0.25, -0.2) is 0 Å². The molecule has 0 saturated heterocycles. The zero-order chi connectivity index (χ0) is 10.9. The second-order valence-corrected chi connectivity index (χ2v) is 4.09. The van der Waals surface area contributed by atoms with Crippen LogP contribution in [0.3, 0.4) is 0 Å². The van der Waals surface area contributed by atoms with E-state index in [2.05, 4.69) is 5.73 Å². The minimum absolute atomic E-state index is 0.277. The van der Waals surface area contributed by atoms with E-state index < -0.39 is 11.5 Å². The standard InChI is InChI=1S/C9H9Cl2NO2/c1-9(12,8(13)14)6-3-2-5(10)4-7(6)11/h2-4H,12H2,1H3,(H,13,14)/t9-/m0/s1. The number of hydrogen-bond donors (Lipinski definition) is 1. The molecule has 3 nitrogen and oxygen atoms in total. The van der Waals surface area contributed by atoms with E-state index in [0.29, 0.717) is 10.6 Å². The zero-order valence-electron chi connectivity index (χ0n) is 7.51. The van der Waals surface area contributed by atoms with Crippen LogP contribution in [0.2, 0.25) is 10.0 Å². The van der Waals surface area contributed by atoms with Crippen molar-refractivity contribution >= 4 is 29.2 Å². The highest BCUT2D eigenvalue weighted by Crippen LogP contribution is 2.27. The number of benzene rings is 1. The van der Waals surface area contributed by atoms with Crippen LogP contribution in [-0.4, -0.2) is 5.97 Å². The van der Waals surface area contributed by atoms with Crippen molar-refractivity contribution in [3.8, 4) is 0 Å². The lowest BCUT2D eigenvalue weighted by Crippen LogP contribution is -2.75. The first-order valence-corrected chi connectivity index (χ1v) is 4.63. The Morgan fingerprint density at radius 1 is 1.50 bits per heavy atom. The number of carbonyl (C=O) groups is 1. The van der Waals surface area contributed by atoms with Crippen molar-refractivity contribution in [2.45, 2.75) is 12.5 Å². The summed E-state index contributed by atoms with van der Waals surface area (Å²) < 4.78 is 0. The quantitative estimate of drug-likeness (QED) is 0.794. The number of hydrogen-bond acceptors (Lipinski definition) is 2. The van der Waals surface area contributed by atoms with Crippen molar-refractivity contribution in [2.24, 2.45) is 0 Å². The Kier molecular flexibility index (Phi) is 3.04. The van der Waals surface area contributed by atoms with E-state index in [0.717, 1.165) is 0 Å². The summed E-state index contributed by atoms with van der Waals surface area (Å²) in [7, 11) is 0. The Bertz CT molecular complexity index is 377. The number of carboxylic acid groups (broad SMARTS) is 1. The summed E-state index contributed by atoms with van der Waals surface area (Å²) in [5.41, 5.74) is 2.57. The van der Waals surface area contributed by atoms with Gasteiger partial charge in [-0.3, -0.25) is 0 Å². The normalized spacial score (nSPS) is 14.9. The minimum Gasteiger partial charge on any atom is -0.543 e. The summed E-state index contributed by atoms with van der Waals surface area (Å²) in [5, 5.41) is 11.5. The van der Waals surface area contributed by atoms with E-state index in [9.17, 15) is 9.90 Å². The number of rotatable bonds is 2. The molecule has 0 aliphatic carbocycles. The van der Waals surface area contributed by atoms with Crippen molar-refractivity contribution in [1.82, 2.24) is 0 Å². The summed E-state index contributed by atoms with van der Waals surface area (Å²) in [4.78, 5) is 10.8. The molecular formula is C9H9Cl2NO2. The van der Waals surface area contributed by atoms with Crippen LogP contribution in [0.4, 0.5) is 0 Å². The van der Waals surface area contributed by atoms with Crippen LogP contribution < -0.4 is 10.8 Å². The molecule has 1 rings (SSSR count). The summed E-state index contributed by atoms with van der Waals surface area (Å²) in [6, 6.07) is 4.58. The molecule has 0 amide bonds. The Labute approximate surface area is 91.4 Å². The highest BCUT2D eigenvalue weighted by Gasteiger charge is 2.29. The fraction of sp³-hybridized carbons (Fsp3) is 0.222. The van der Waals surface area contributed by atoms with Crippen molar-refractivity contribution in [1.29, 1.82) is 0 Å². The van der Waals surface area contributed by atoms with Gasteiger partial charge in [0.05, 0.1) is 5.02 Å². The van der Waals surface area contributed by atoms with E-state index in [1.54, 1.807) is 6.07 Å². The van der Waals surface area contributed by atoms with Crippen molar-refractivity contribution < 1.29 is 15.6 Å². The monoisotopic (exact) mass is 233 g/mol. The molecule has 0 heterocycles. The largest absolute Gasteiger partial charge is 0.543 e. The first kappa shape index (κ1) is 11.3. The Morgan fingerprint density at radius 3 is 2.50 bits per heavy atom. The van der Waals surface area contributed by atoms with Crippen LogP contribution in [0.15, 0.2) is 18.2 Å². The van der Waals surface area contributed by atoms with E-state index in [1.165, 1.54) is 19.1 Å². The van der Waals surface area contributed by atoms with Gasteiger partial charge >= 0.3 is 0 Å². The molecule has 0 spiro atoms. The average molecular weight is 234 g/mol. The maximum absolute atomic E-state index is 10.8. The fourth-order valence-corrected chi connectivity index (χ4v) is 1.66. The van der Waals surface area contributed by atoms with Gasteiger partial charge in [0.25, 0.3) is 0 Å². The first-order chi connectivity index (χ1) is 6.35. The molecule has 0 aliphatic rings. The van der Waals surface area contributed by atoms with Gasteiger partial charge in [-0.1, -0.05) is 23.2 Å². The number of carboxylic acids is 1. The minimum atomic E-state index is -1.36. The summed E-state index contributed by atoms with van der Waals surface area (Å²) in [5.74, 6) is -1.28. The molecule has 0 aromatic heterocycles. The van der Waals surface area contributed by atoms with Crippen molar-refractivity contribution in [3.05, 3.63) is 33.8 Å². The lowest BCUT2D eigenvalue weighted by atomic mass is 9.93. The van der Waals surface area contributed by atoms with Crippen LogP contribution in [0.1, 0.15) is 12.5 Å². The van der Waals surface area contributed by atoms with Gasteiger partial charge in [-0.15, -0.1) is 0 Å². The molecule has 0 fully saturated rings. The van der Waals surface area contributed by atoms with Gasteiger partial charge in [-0.2, -0.15) is 0 Å². The highest BCUT2D eigenvalue weighted by atomic mass is 35.5. The summed E-state index contributed by atoms with van der Waals surface area (Å²) in [6.45, 7) is 1.43. The number of halogens is 2. The molecule has 1 aromatic rings. The van der Waals surface area contributed by atoms with Crippen molar-refractivity contribution in [2.75, 3.05) is 0 Å². The number of quaternary nitrogens is 1. The van der Waals surface area contributed by atoms with Gasteiger partial charge in [0.2, 0.25) is 0 Å². The third-order valence-electron chi connectivity index (χ3n) is 1.98. The molecule has 0 radical (unpaired) electrons. The van der Waals surface area contributed by atoms with Crippen molar-refractivity contribution in [3.63, 3.8) is 0 Å². The molecule has 5 heteroatoms. The van der Waals surface area contributed by atoms with E-state index in [1.807, 2.05) is 0 Å². The van der Waals surface area contributed by atoms with Gasteiger partial charge < -0.3 is 15.6 Å². The summed E-state index contributed by atoms with van der Waals surface area (Å²) in [6.07, 6.45) is 0. The fourth-order valence-electron chi connectivity index (χ4n) is 1.05. The van der Waals surface area contributed by atoms with Gasteiger partial charge in [-0.05, 0) is 18.2 Å². The molecule has 1 atom stereocenters. The second kappa shape index (κ2) is 3.77.